The molecule has 0 spiro atoms. The van der Waals surface area contributed by atoms with E-state index in [0.29, 0.717) is 19.1 Å². The molecule has 2 amide bonds. The fourth-order valence-electron chi connectivity index (χ4n) is 1.87. The SMILES string of the molecule is N#CC1CNCCN1C(=O)NC1CCC1. The average molecular weight is 208 g/mol. The quantitative estimate of drug-likeness (QED) is 0.639. The molecule has 1 unspecified atom stereocenters. The molecule has 5 nitrogen and oxygen atoms in total. The number of hydrogen-bond acceptors (Lipinski definition) is 3. The molecule has 2 aliphatic rings. The van der Waals surface area contributed by atoms with Crippen LogP contribution in [0.15, 0.2) is 0 Å². The Balaban J connectivity index is 1.89. The maximum Gasteiger partial charge on any atom is 0.318 e. The summed E-state index contributed by atoms with van der Waals surface area (Å²) in [6.45, 7) is 1.97. The van der Waals surface area contributed by atoms with E-state index < -0.39 is 0 Å². The summed E-state index contributed by atoms with van der Waals surface area (Å²) in [5.41, 5.74) is 0. The minimum Gasteiger partial charge on any atom is -0.335 e. The van der Waals surface area contributed by atoms with Gasteiger partial charge in [0, 0.05) is 25.7 Å². The van der Waals surface area contributed by atoms with E-state index in [2.05, 4.69) is 16.7 Å². The van der Waals surface area contributed by atoms with Crippen LogP contribution in [0, 0.1) is 11.3 Å². The summed E-state index contributed by atoms with van der Waals surface area (Å²) in [5.74, 6) is 0. The second-order valence-electron chi connectivity index (χ2n) is 4.12. The number of nitriles is 1. The van der Waals surface area contributed by atoms with E-state index in [9.17, 15) is 4.79 Å². The van der Waals surface area contributed by atoms with E-state index in [1.165, 1.54) is 6.42 Å². The first-order valence-corrected chi connectivity index (χ1v) is 5.48. The smallest absolute Gasteiger partial charge is 0.318 e. The van der Waals surface area contributed by atoms with Crippen LogP contribution >= 0.6 is 0 Å². The maximum absolute atomic E-state index is 11.8. The Kier molecular flexibility index (Phi) is 3.07. The number of carbonyl (C=O) groups is 1. The van der Waals surface area contributed by atoms with Crippen molar-refractivity contribution in [3.05, 3.63) is 0 Å². The Morgan fingerprint density at radius 3 is 2.93 bits per heavy atom. The van der Waals surface area contributed by atoms with Crippen LogP contribution in [0.3, 0.4) is 0 Å². The molecule has 15 heavy (non-hydrogen) atoms. The lowest BCUT2D eigenvalue weighted by Gasteiger charge is -2.35. The van der Waals surface area contributed by atoms with Gasteiger partial charge in [-0.25, -0.2) is 4.79 Å². The first-order valence-electron chi connectivity index (χ1n) is 5.48. The Bertz CT molecular complexity index is 282. The molecule has 1 saturated heterocycles. The number of nitrogens with one attached hydrogen (secondary N) is 2. The summed E-state index contributed by atoms with van der Waals surface area (Å²) in [6, 6.07) is 2.09. The third-order valence-corrected chi connectivity index (χ3v) is 3.09. The van der Waals surface area contributed by atoms with Gasteiger partial charge in [-0.15, -0.1) is 0 Å². The van der Waals surface area contributed by atoms with Gasteiger partial charge in [0.2, 0.25) is 0 Å². The van der Waals surface area contributed by atoms with E-state index >= 15 is 0 Å². The molecule has 1 aliphatic heterocycles. The number of carbonyl (C=O) groups excluding carboxylic acids is 1. The minimum atomic E-state index is -0.321. The van der Waals surface area contributed by atoms with Crippen LogP contribution in [0.4, 0.5) is 4.79 Å². The van der Waals surface area contributed by atoms with Gasteiger partial charge in [0.25, 0.3) is 0 Å². The second-order valence-corrected chi connectivity index (χ2v) is 4.12. The Morgan fingerprint density at radius 1 is 1.53 bits per heavy atom. The Labute approximate surface area is 89.4 Å². The van der Waals surface area contributed by atoms with Crippen molar-refractivity contribution in [2.75, 3.05) is 19.6 Å². The number of nitrogens with zero attached hydrogens (tertiary/aromatic N) is 2. The molecule has 2 N–H and O–H groups in total. The molecule has 2 rings (SSSR count). The maximum atomic E-state index is 11.8. The van der Waals surface area contributed by atoms with Crippen LogP contribution in [0.5, 0.6) is 0 Å². The molecule has 0 aromatic rings. The van der Waals surface area contributed by atoms with E-state index in [1.807, 2.05) is 0 Å². The highest BCUT2D eigenvalue weighted by atomic mass is 16.2. The van der Waals surface area contributed by atoms with Gasteiger partial charge in [-0.3, -0.25) is 0 Å². The summed E-state index contributed by atoms with van der Waals surface area (Å²) < 4.78 is 0. The fourth-order valence-corrected chi connectivity index (χ4v) is 1.87. The topological polar surface area (TPSA) is 68.2 Å². The number of amides is 2. The van der Waals surface area contributed by atoms with Crippen molar-refractivity contribution in [1.29, 1.82) is 5.26 Å². The van der Waals surface area contributed by atoms with Crippen LogP contribution in [0.2, 0.25) is 0 Å². The van der Waals surface area contributed by atoms with Crippen LogP contribution < -0.4 is 10.6 Å². The monoisotopic (exact) mass is 208 g/mol. The van der Waals surface area contributed by atoms with Gasteiger partial charge in [0.15, 0.2) is 0 Å². The van der Waals surface area contributed by atoms with Gasteiger partial charge in [-0.2, -0.15) is 5.26 Å². The molecular formula is C10H16N4O. The number of rotatable bonds is 1. The first kappa shape index (κ1) is 10.2. The van der Waals surface area contributed by atoms with Crippen molar-refractivity contribution >= 4 is 6.03 Å². The van der Waals surface area contributed by atoms with Gasteiger partial charge in [0.1, 0.15) is 6.04 Å². The highest BCUT2D eigenvalue weighted by Crippen LogP contribution is 2.18. The summed E-state index contributed by atoms with van der Waals surface area (Å²) in [4.78, 5) is 13.4. The molecule has 0 aromatic heterocycles. The van der Waals surface area contributed by atoms with Crippen molar-refractivity contribution in [3.63, 3.8) is 0 Å². The van der Waals surface area contributed by atoms with E-state index in [0.717, 1.165) is 19.4 Å². The molecule has 0 bridgehead atoms. The fraction of sp³-hybridized carbons (Fsp3) is 0.800. The summed E-state index contributed by atoms with van der Waals surface area (Å²) >= 11 is 0. The van der Waals surface area contributed by atoms with Gasteiger partial charge in [-0.1, -0.05) is 0 Å². The van der Waals surface area contributed by atoms with Gasteiger partial charge < -0.3 is 15.5 Å². The lowest BCUT2D eigenvalue weighted by molar-refractivity contribution is 0.165. The minimum absolute atomic E-state index is 0.0762. The highest BCUT2D eigenvalue weighted by Gasteiger charge is 2.28. The predicted octanol–water partition coefficient (Wildman–Crippen LogP) is 0.0459. The van der Waals surface area contributed by atoms with Crippen molar-refractivity contribution in [2.45, 2.75) is 31.3 Å². The normalized spacial score (nSPS) is 26.6. The third-order valence-electron chi connectivity index (χ3n) is 3.09. The molecule has 0 radical (unpaired) electrons. The van der Waals surface area contributed by atoms with Crippen LogP contribution in [0.25, 0.3) is 0 Å². The van der Waals surface area contributed by atoms with E-state index in [1.54, 1.807) is 4.90 Å². The van der Waals surface area contributed by atoms with Crippen LogP contribution in [-0.2, 0) is 0 Å². The molecular weight excluding hydrogens is 192 g/mol. The van der Waals surface area contributed by atoms with Gasteiger partial charge in [-0.05, 0) is 19.3 Å². The van der Waals surface area contributed by atoms with Crippen molar-refractivity contribution in [3.8, 4) is 6.07 Å². The van der Waals surface area contributed by atoms with Crippen LogP contribution in [-0.4, -0.2) is 42.6 Å². The molecule has 0 aromatic carbocycles. The number of urea groups is 1. The summed E-state index contributed by atoms with van der Waals surface area (Å²) in [7, 11) is 0. The van der Waals surface area contributed by atoms with Gasteiger partial charge in [0.05, 0.1) is 6.07 Å². The van der Waals surface area contributed by atoms with E-state index in [4.69, 9.17) is 5.26 Å². The second kappa shape index (κ2) is 4.49. The largest absolute Gasteiger partial charge is 0.335 e. The molecule has 1 saturated carbocycles. The zero-order chi connectivity index (χ0) is 10.7. The first-order chi connectivity index (χ1) is 7.31. The zero-order valence-corrected chi connectivity index (χ0v) is 8.70. The van der Waals surface area contributed by atoms with Crippen molar-refractivity contribution in [2.24, 2.45) is 0 Å². The van der Waals surface area contributed by atoms with Gasteiger partial charge >= 0.3 is 6.03 Å². The third kappa shape index (κ3) is 2.21. The predicted molar refractivity (Wildman–Crippen MR) is 55.1 cm³/mol. The lowest BCUT2D eigenvalue weighted by atomic mass is 9.93. The molecule has 5 heteroatoms. The zero-order valence-electron chi connectivity index (χ0n) is 8.70. The lowest BCUT2D eigenvalue weighted by Crippen LogP contribution is -2.57. The molecule has 1 aliphatic carbocycles. The van der Waals surface area contributed by atoms with Crippen molar-refractivity contribution < 1.29 is 4.79 Å². The van der Waals surface area contributed by atoms with Crippen LogP contribution in [0.1, 0.15) is 19.3 Å². The summed E-state index contributed by atoms with van der Waals surface area (Å²) in [6.07, 6.45) is 3.36. The Morgan fingerprint density at radius 2 is 2.33 bits per heavy atom. The molecule has 1 heterocycles. The Hall–Kier alpha value is -1.28. The molecule has 82 valence electrons. The van der Waals surface area contributed by atoms with Crippen molar-refractivity contribution in [1.82, 2.24) is 15.5 Å². The molecule has 1 atom stereocenters. The average Bonchev–Trinajstić information content (AvgIpc) is 2.23. The van der Waals surface area contributed by atoms with E-state index in [-0.39, 0.29) is 12.1 Å². The number of hydrogen-bond donors (Lipinski definition) is 2. The molecule has 2 fully saturated rings. The number of piperazine rings is 1. The highest BCUT2D eigenvalue weighted by molar-refractivity contribution is 5.75. The summed E-state index contributed by atoms with van der Waals surface area (Å²) in [5, 5.41) is 15.0. The standard InChI is InChI=1S/C10H16N4O/c11-6-9-7-12-4-5-14(9)10(15)13-8-2-1-3-8/h8-9,12H,1-5,7H2,(H,13,15).